The molecule has 1 N–H and O–H groups in total. The average molecular weight is 269 g/mol. The molecule has 3 nitrogen and oxygen atoms in total. The molecule has 0 saturated carbocycles. The Balaban J connectivity index is 2.08. The molecular formula is C15H24FNO2. The molecule has 0 aliphatic carbocycles. The van der Waals surface area contributed by atoms with Crippen LogP contribution in [0.15, 0.2) is 24.3 Å². The minimum absolute atomic E-state index is 0.0618. The van der Waals surface area contributed by atoms with E-state index >= 15 is 0 Å². The van der Waals surface area contributed by atoms with Gasteiger partial charge in [0.15, 0.2) is 0 Å². The molecule has 0 fully saturated rings. The van der Waals surface area contributed by atoms with Gasteiger partial charge in [-0.25, -0.2) is 4.39 Å². The third-order valence-corrected chi connectivity index (χ3v) is 2.76. The summed E-state index contributed by atoms with van der Waals surface area (Å²) in [4.78, 5) is 0. The van der Waals surface area contributed by atoms with Crippen LogP contribution >= 0.6 is 0 Å². The van der Waals surface area contributed by atoms with Crippen LogP contribution in [0.2, 0.25) is 0 Å². The van der Waals surface area contributed by atoms with Crippen molar-refractivity contribution in [2.24, 2.45) is 0 Å². The minimum Gasteiger partial charge on any atom is -0.382 e. The molecule has 0 spiro atoms. The van der Waals surface area contributed by atoms with E-state index in [1.807, 2.05) is 19.9 Å². The summed E-state index contributed by atoms with van der Waals surface area (Å²) in [6.07, 6.45) is 1.06. The van der Waals surface area contributed by atoms with E-state index in [-0.39, 0.29) is 11.9 Å². The maximum Gasteiger partial charge on any atom is 0.128 e. The molecule has 0 heterocycles. The van der Waals surface area contributed by atoms with E-state index in [4.69, 9.17) is 9.47 Å². The molecule has 1 aromatic carbocycles. The van der Waals surface area contributed by atoms with Crippen molar-refractivity contribution in [3.8, 4) is 0 Å². The minimum atomic E-state index is -0.209. The van der Waals surface area contributed by atoms with E-state index < -0.39 is 0 Å². The number of benzene rings is 1. The zero-order chi connectivity index (χ0) is 13.9. The predicted octanol–water partition coefficient (Wildman–Crippen LogP) is 2.75. The smallest absolute Gasteiger partial charge is 0.128 e. The van der Waals surface area contributed by atoms with E-state index in [0.717, 1.165) is 32.7 Å². The predicted molar refractivity (Wildman–Crippen MR) is 74.6 cm³/mol. The molecule has 1 atom stereocenters. The van der Waals surface area contributed by atoms with Crippen molar-refractivity contribution < 1.29 is 13.9 Å². The van der Waals surface area contributed by atoms with E-state index in [9.17, 15) is 4.39 Å². The molecular weight excluding hydrogens is 245 g/mol. The second-order valence-corrected chi connectivity index (χ2v) is 4.47. The molecule has 108 valence electrons. The highest BCUT2D eigenvalue weighted by Gasteiger charge is 2.05. The van der Waals surface area contributed by atoms with E-state index in [1.165, 1.54) is 6.07 Å². The highest BCUT2D eigenvalue weighted by atomic mass is 19.1. The fourth-order valence-electron chi connectivity index (χ4n) is 1.66. The SMILES string of the molecule is CCOCCCNCC(C)OCc1ccccc1F. The Labute approximate surface area is 115 Å². The molecule has 0 saturated heterocycles. The number of nitrogens with one attached hydrogen (secondary N) is 1. The van der Waals surface area contributed by atoms with E-state index in [1.54, 1.807) is 12.1 Å². The largest absolute Gasteiger partial charge is 0.382 e. The zero-order valence-electron chi connectivity index (χ0n) is 11.8. The summed E-state index contributed by atoms with van der Waals surface area (Å²) in [5.41, 5.74) is 0.602. The van der Waals surface area contributed by atoms with Crippen LogP contribution in [0.4, 0.5) is 4.39 Å². The lowest BCUT2D eigenvalue weighted by atomic mass is 10.2. The molecule has 1 unspecified atom stereocenters. The van der Waals surface area contributed by atoms with Gasteiger partial charge in [0, 0.05) is 25.3 Å². The fraction of sp³-hybridized carbons (Fsp3) is 0.600. The summed E-state index contributed by atoms with van der Waals surface area (Å²) in [5, 5.41) is 3.30. The van der Waals surface area contributed by atoms with Crippen LogP contribution in [-0.4, -0.2) is 32.4 Å². The molecule has 0 aromatic heterocycles. The maximum absolute atomic E-state index is 13.4. The fourth-order valence-corrected chi connectivity index (χ4v) is 1.66. The van der Waals surface area contributed by atoms with Crippen molar-refractivity contribution >= 4 is 0 Å². The Morgan fingerprint density at radius 2 is 2.11 bits per heavy atom. The van der Waals surface area contributed by atoms with Crippen LogP contribution in [0.25, 0.3) is 0 Å². The number of hydrogen-bond donors (Lipinski definition) is 1. The van der Waals surface area contributed by atoms with Crippen LogP contribution < -0.4 is 5.32 Å². The zero-order valence-corrected chi connectivity index (χ0v) is 11.8. The van der Waals surface area contributed by atoms with E-state index in [0.29, 0.717) is 12.2 Å². The quantitative estimate of drug-likeness (QED) is 0.663. The Morgan fingerprint density at radius 3 is 2.84 bits per heavy atom. The lowest BCUT2D eigenvalue weighted by molar-refractivity contribution is 0.0511. The first-order chi connectivity index (χ1) is 9.24. The Morgan fingerprint density at radius 1 is 1.32 bits per heavy atom. The molecule has 0 radical (unpaired) electrons. The molecule has 0 amide bonds. The van der Waals surface area contributed by atoms with Gasteiger partial charge in [-0.1, -0.05) is 18.2 Å². The Bertz CT molecular complexity index is 347. The second-order valence-electron chi connectivity index (χ2n) is 4.47. The second kappa shape index (κ2) is 9.89. The third kappa shape index (κ3) is 7.25. The molecule has 4 heteroatoms. The van der Waals surface area contributed by atoms with Gasteiger partial charge >= 0.3 is 0 Å². The van der Waals surface area contributed by atoms with Gasteiger partial charge in [-0.05, 0) is 32.9 Å². The van der Waals surface area contributed by atoms with Gasteiger partial charge in [-0.3, -0.25) is 0 Å². The van der Waals surface area contributed by atoms with Gasteiger partial charge in [0.25, 0.3) is 0 Å². The number of rotatable bonds is 10. The number of ether oxygens (including phenoxy) is 2. The van der Waals surface area contributed by atoms with Crippen molar-refractivity contribution in [2.45, 2.75) is 33.0 Å². The molecule has 0 aliphatic heterocycles. The molecule has 1 rings (SSSR count). The van der Waals surface area contributed by atoms with Gasteiger partial charge in [-0.2, -0.15) is 0 Å². The Kier molecular flexibility index (Phi) is 8.38. The van der Waals surface area contributed by atoms with E-state index in [2.05, 4.69) is 5.32 Å². The average Bonchev–Trinajstić information content (AvgIpc) is 2.42. The lowest BCUT2D eigenvalue weighted by Gasteiger charge is -2.14. The van der Waals surface area contributed by atoms with Crippen molar-refractivity contribution in [3.05, 3.63) is 35.6 Å². The number of hydrogen-bond acceptors (Lipinski definition) is 3. The van der Waals surface area contributed by atoms with Crippen molar-refractivity contribution in [1.29, 1.82) is 0 Å². The standard InChI is InChI=1S/C15H24FNO2/c1-3-18-10-6-9-17-11-13(2)19-12-14-7-4-5-8-15(14)16/h4-5,7-8,13,17H,3,6,9-12H2,1-2H3. The monoisotopic (exact) mass is 269 g/mol. The molecule has 0 bridgehead atoms. The summed E-state index contributed by atoms with van der Waals surface area (Å²) >= 11 is 0. The topological polar surface area (TPSA) is 30.5 Å². The number of halogens is 1. The summed E-state index contributed by atoms with van der Waals surface area (Å²) < 4.78 is 24.2. The van der Waals surface area contributed by atoms with Crippen LogP contribution in [0.1, 0.15) is 25.8 Å². The molecule has 1 aromatic rings. The summed E-state index contributed by atoms with van der Waals surface area (Å²) in [5.74, 6) is -0.209. The van der Waals surface area contributed by atoms with Crippen LogP contribution in [0.5, 0.6) is 0 Å². The van der Waals surface area contributed by atoms with Gasteiger partial charge in [0.05, 0.1) is 12.7 Å². The first kappa shape index (κ1) is 16.1. The van der Waals surface area contributed by atoms with Crippen molar-refractivity contribution in [2.75, 3.05) is 26.3 Å². The highest BCUT2D eigenvalue weighted by Crippen LogP contribution is 2.08. The van der Waals surface area contributed by atoms with Crippen molar-refractivity contribution in [1.82, 2.24) is 5.32 Å². The van der Waals surface area contributed by atoms with Gasteiger partial charge in [0.1, 0.15) is 5.82 Å². The first-order valence-corrected chi connectivity index (χ1v) is 6.87. The van der Waals surface area contributed by atoms with Crippen LogP contribution in [-0.2, 0) is 16.1 Å². The summed E-state index contributed by atoms with van der Waals surface area (Å²) in [6.45, 7) is 7.51. The van der Waals surface area contributed by atoms with Gasteiger partial charge in [0.2, 0.25) is 0 Å². The summed E-state index contributed by atoms with van der Waals surface area (Å²) in [6, 6.07) is 6.70. The van der Waals surface area contributed by atoms with Crippen molar-refractivity contribution in [3.63, 3.8) is 0 Å². The highest BCUT2D eigenvalue weighted by molar-refractivity contribution is 5.16. The van der Waals surface area contributed by atoms with Crippen LogP contribution in [0.3, 0.4) is 0 Å². The van der Waals surface area contributed by atoms with Gasteiger partial charge in [-0.15, -0.1) is 0 Å². The van der Waals surface area contributed by atoms with Crippen LogP contribution in [0, 0.1) is 5.82 Å². The molecule has 19 heavy (non-hydrogen) atoms. The Hall–Kier alpha value is -0.970. The summed E-state index contributed by atoms with van der Waals surface area (Å²) in [7, 11) is 0. The first-order valence-electron chi connectivity index (χ1n) is 6.87. The lowest BCUT2D eigenvalue weighted by Crippen LogP contribution is -2.28. The molecule has 0 aliphatic rings. The normalized spacial score (nSPS) is 12.6. The third-order valence-electron chi connectivity index (χ3n) is 2.76. The maximum atomic E-state index is 13.4. The van der Waals surface area contributed by atoms with Gasteiger partial charge < -0.3 is 14.8 Å².